The maximum Gasteiger partial charge on any atom is 0.243 e. The van der Waals surface area contributed by atoms with E-state index in [0.717, 1.165) is 17.6 Å². The highest BCUT2D eigenvalue weighted by Crippen LogP contribution is 2.23. The number of imidazole rings is 1. The standard InChI is InChI=1S/C23H28F2N4O3S/c1-5-29(6-2)33(31,32)17-8-10-21-20(14-17)27-22(28(21)4)11-12-23(30)26-15(3)18-9-7-16(24)13-19(18)25/h7-10,13-15H,5-6,11-12H2,1-4H3,(H,26,30). The van der Waals surface area contributed by atoms with Crippen molar-refractivity contribution in [3.8, 4) is 0 Å². The first-order valence-corrected chi connectivity index (χ1v) is 12.2. The lowest BCUT2D eigenvalue weighted by molar-refractivity contribution is -0.121. The van der Waals surface area contributed by atoms with Crippen LogP contribution >= 0.6 is 0 Å². The normalized spacial score (nSPS) is 12.9. The molecule has 1 amide bonds. The number of fused-ring (bicyclic) bond motifs is 1. The first-order chi connectivity index (χ1) is 15.6. The Morgan fingerprint density at radius 1 is 1.15 bits per heavy atom. The van der Waals surface area contributed by atoms with E-state index in [1.165, 1.54) is 10.4 Å². The SMILES string of the molecule is CCN(CC)S(=O)(=O)c1ccc2c(c1)nc(CCC(=O)NC(C)c1ccc(F)cc1F)n2C. The van der Waals surface area contributed by atoms with E-state index < -0.39 is 27.7 Å². The summed E-state index contributed by atoms with van der Waals surface area (Å²) < 4.78 is 55.8. The van der Waals surface area contributed by atoms with Crippen LogP contribution in [0.3, 0.4) is 0 Å². The van der Waals surface area contributed by atoms with Crippen LogP contribution in [0.5, 0.6) is 0 Å². The number of aromatic nitrogens is 2. The number of sulfonamides is 1. The van der Waals surface area contributed by atoms with Crippen molar-refractivity contribution < 1.29 is 22.0 Å². The summed E-state index contributed by atoms with van der Waals surface area (Å²) in [6, 6.07) is 7.44. The predicted octanol–water partition coefficient (Wildman–Crippen LogP) is 3.69. The summed E-state index contributed by atoms with van der Waals surface area (Å²) >= 11 is 0. The van der Waals surface area contributed by atoms with Crippen LogP contribution in [0.15, 0.2) is 41.3 Å². The van der Waals surface area contributed by atoms with Crippen molar-refractivity contribution in [2.45, 2.75) is 44.6 Å². The van der Waals surface area contributed by atoms with E-state index in [1.54, 1.807) is 46.0 Å². The van der Waals surface area contributed by atoms with Gasteiger partial charge in [0.15, 0.2) is 0 Å². The van der Waals surface area contributed by atoms with E-state index in [0.29, 0.717) is 30.9 Å². The lowest BCUT2D eigenvalue weighted by atomic mass is 10.1. The zero-order valence-electron chi connectivity index (χ0n) is 19.1. The van der Waals surface area contributed by atoms with Crippen molar-refractivity contribution in [2.24, 2.45) is 7.05 Å². The number of amides is 1. The molecule has 178 valence electrons. The lowest BCUT2D eigenvalue weighted by Gasteiger charge is -2.18. The van der Waals surface area contributed by atoms with Gasteiger partial charge in [-0.25, -0.2) is 22.2 Å². The number of nitrogens with zero attached hydrogens (tertiary/aromatic N) is 3. The van der Waals surface area contributed by atoms with Gasteiger partial charge in [0.1, 0.15) is 17.5 Å². The molecular formula is C23H28F2N4O3S. The fourth-order valence-corrected chi connectivity index (χ4v) is 5.27. The zero-order chi connectivity index (χ0) is 24.3. The van der Waals surface area contributed by atoms with Gasteiger partial charge in [-0.15, -0.1) is 0 Å². The van der Waals surface area contributed by atoms with E-state index in [1.807, 2.05) is 4.57 Å². The second-order valence-electron chi connectivity index (χ2n) is 7.78. The van der Waals surface area contributed by atoms with Crippen molar-refractivity contribution in [3.63, 3.8) is 0 Å². The molecule has 0 fully saturated rings. The molecule has 3 rings (SSSR count). The van der Waals surface area contributed by atoms with Gasteiger partial charge in [0.25, 0.3) is 0 Å². The highest BCUT2D eigenvalue weighted by molar-refractivity contribution is 7.89. The van der Waals surface area contributed by atoms with Crippen LogP contribution < -0.4 is 5.32 Å². The largest absolute Gasteiger partial charge is 0.349 e. The number of hydrogen-bond acceptors (Lipinski definition) is 4. The summed E-state index contributed by atoms with van der Waals surface area (Å²) in [7, 11) is -1.80. The van der Waals surface area contributed by atoms with Crippen LogP contribution in [-0.2, 0) is 28.3 Å². The summed E-state index contributed by atoms with van der Waals surface area (Å²) in [5.41, 5.74) is 1.49. The van der Waals surface area contributed by atoms with Gasteiger partial charge in [-0.3, -0.25) is 4.79 Å². The number of nitrogens with one attached hydrogen (secondary N) is 1. The van der Waals surface area contributed by atoms with E-state index in [2.05, 4.69) is 10.3 Å². The van der Waals surface area contributed by atoms with Gasteiger partial charge in [-0.1, -0.05) is 19.9 Å². The fraction of sp³-hybridized carbons (Fsp3) is 0.391. The molecule has 0 saturated carbocycles. The average molecular weight is 479 g/mol. The number of hydrogen-bond donors (Lipinski definition) is 1. The first-order valence-electron chi connectivity index (χ1n) is 10.8. The summed E-state index contributed by atoms with van der Waals surface area (Å²) in [6.45, 7) is 5.95. The van der Waals surface area contributed by atoms with E-state index >= 15 is 0 Å². The summed E-state index contributed by atoms with van der Waals surface area (Å²) in [4.78, 5) is 17.1. The summed E-state index contributed by atoms with van der Waals surface area (Å²) in [5, 5.41) is 2.71. The van der Waals surface area contributed by atoms with Crippen molar-refractivity contribution in [1.82, 2.24) is 19.2 Å². The molecule has 10 heteroatoms. The summed E-state index contributed by atoms with van der Waals surface area (Å²) in [5.74, 6) is -1.07. The second-order valence-corrected chi connectivity index (χ2v) is 9.72. The number of rotatable bonds is 9. The topological polar surface area (TPSA) is 84.3 Å². The van der Waals surface area contributed by atoms with Crippen molar-refractivity contribution in [2.75, 3.05) is 13.1 Å². The minimum atomic E-state index is -3.60. The molecule has 0 aliphatic carbocycles. The Balaban J connectivity index is 1.73. The maximum atomic E-state index is 13.9. The molecule has 0 spiro atoms. The molecule has 1 N–H and O–H groups in total. The second kappa shape index (κ2) is 9.96. The van der Waals surface area contributed by atoms with E-state index in [4.69, 9.17) is 0 Å². The monoisotopic (exact) mass is 478 g/mol. The molecule has 0 bridgehead atoms. The minimum absolute atomic E-state index is 0.106. The number of halogens is 2. The van der Waals surface area contributed by atoms with Gasteiger partial charge in [-0.2, -0.15) is 4.31 Å². The molecule has 2 aromatic carbocycles. The van der Waals surface area contributed by atoms with Gasteiger partial charge in [0.2, 0.25) is 15.9 Å². The van der Waals surface area contributed by atoms with Gasteiger partial charge in [-0.05, 0) is 31.2 Å². The van der Waals surface area contributed by atoms with E-state index in [9.17, 15) is 22.0 Å². The molecule has 3 aromatic rings. The Morgan fingerprint density at radius 2 is 1.85 bits per heavy atom. The molecule has 0 radical (unpaired) electrons. The molecular weight excluding hydrogens is 450 g/mol. The third kappa shape index (κ3) is 5.22. The Hall–Kier alpha value is -2.85. The molecule has 1 unspecified atom stereocenters. The number of carbonyl (C=O) groups is 1. The highest BCUT2D eigenvalue weighted by Gasteiger charge is 2.23. The molecule has 33 heavy (non-hydrogen) atoms. The van der Waals surface area contributed by atoms with Gasteiger partial charge in [0, 0.05) is 44.6 Å². The predicted molar refractivity (Wildman–Crippen MR) is 122 cm³/mol. The quantitative estimate of drug-likeness (QED) is 0.508. The van der Waals surface area contributed by atoms with Crippen LogP contribution in [-0.4, -0.2) is 41.3 Å². The molecule has 1 aromatic heterocycles. The van der Waals surface area contributed by atoms with Crippen molar-refractivity contribution in [3.05, 3.63) is 59.4 Å². The first kappa shape index (κ1) is 24.8. The maximum absolute atomic E-state index is 13.9. The van der Waals surface area contributed by atoms with Crippen molar-refractivity contribution in [1.29, 1.82) is 0 Å². The van der Waals surface area contributed by atoms with Crippen LogP contribution in [0.25, 0.3) is 11.0 Å². The molecule has 1 atom stereocenters. The minimum Gasteiger partial charge on any atom is -0.349 e. The average Bonchev–Trinajstić information content (AvgIpc) is 3.07. The Morgan fingerprint density at radius 3 is 2.48 bits per heavy atom. The van der Waals surface area contributed by atoms with Crippen LogP contribution in [0.1, 0.15) is 44.6 Å². The number of benzene rings is 2. The number of carbonyl (C=O) groups excluding carboxylic acids is 1. The Kier molecular flexibility index (Phi) is 7.48. The van der Waals surface area contributed by atoms with Crippen LogP contribution in [0.2, 0.25) is 0 Å². The van der Waals surface area contributed by atoms with E-state index in [-0.39, 0.29) is 22.8 Å². The van der Waals surface area contributed by atoms with Gasteiger partial charge in [0.05, 0.1) is 22.0 Å². The van der Waals surface area contributed by atoms with Crippen LogP contribution in [0.4, 0.5) is 8.78 Å². The third-order valence-corrected chi connectivity index (χ3v) is 7.72. The Labute approximate surface area is 192 Å². The van der Waals surface area contributed by atoms with Crippen molar-refractivity contribution >= 4 is 27.0 Å². The molecule has 0 aliphatic heterocycles. The molecule has 0 saturated heterocycles. The van der Waals surface area contributed by atoms with Gasteiger partial charge < -0.3 is 9.88 Å². The molecule has 1 heterocycles. The van der Waals surface area contributed by atoms with Crippen LogP contribution in [0, 0.1) is 11.6 Å². The third-order valence-electron chi connectivity index (χ3n) is 5.67. The highest BCUT2D eigenvalue weighted by atomic mass is 32.2. The zero-order valence-corrected chi connectivity index (χ0v) is 19.9. The molecule has 0 aliphatic rings. The smallest absolute Gasteiger partial charge is 0.243 e. The van der Waals surface area contributed by atoms with Gasteiger partial charge >= 0.3 is 0 Å². The Bertz CT molecular complexity index is 1270. The summed E-state index contributed by atoms with van der Waals surface area (Å²) in [6.07, 6.45) is 0.419. The number of aryl methyl sites for hydroxylation is 2. The lowest BCUT2D eigenvalue weighted by Crippen LogP contribution is -2.30. The fourth-order valence-electron chi connectivity index (χ4n) is 3.80. The molecule has 7 nitrogen and oxygen atoms in total.